The molecular weight excluding hydrogens is 344 g/mol. The highest BCUT2D eigenvalue weighted by Gasteiger charge is 2.10. The first kappa shape index (κ1) is 20.2. The van der Waals surface area contributed by atoms with Crippen molar-refractivity contribution < 1.29 is 19.0 Å². The van der Waals surface area contributed by atoms with Crippen molar-refractivity contribution in [3.63, 3.8) is 0 Å². The molecule has 0 atom stereocenters. The van der Waals surface area contributed by atoms with Gasteiger partial charge in [-0.3, -0.25) is 4.79 Å². The highest BCUT2D eigenvalue weighted by molar-refractivity contribution is 5.92. The van der Waals surface area contributed by atoms with Crippen molar-refractivity contribution in [2.75, 3.05) is 40.3 Å². The molecule has 0 fully saturated rings. The Morgan fingerprint density at radius 1 is 0.963 bits per heavy atom. The van der Waals surface area contributed by atoms with Gasteiger partial charge in [0.2, 0.25) is 5.91 Å². The molecule has 1 amide bonds. The van der Waals surface area contributed by atoms with Crippen LogP contribution in [0.2, 0.25) is 0 Å². The van der Waals surface area contributed by atoms with E-state index in [1.807, 2.05) is 43.3 Å². The van der Waals surface area contributed by atoms with Crippen LogP contribution in [0.15, 0.2) is 42.5 Å². The van der Waals surface area contributed by atoms with Crippen LogP contribution in [-0.2, 0) is 11.3 Å². The lowest BCUT2D eigenvalue weighted by molar-refractivity contribution is -0.116. The Morgan fingerprint density at radius 3 is 2.11 bits per heavy atom. The van der Waals surface area contributed by atoms with Crippen LogP contribution in [0.4, 0.5) is 5.69 Å². The number of anilines is 1. The van der Waals surface area contributed by atoms with E-state index in [0.29, 0.717) is 23.8 Å². The number of hydrogen-bond acceptors (Lipinski definition) is 5. The predicted molar refractivity (Wildman–Crippen MR) is 108 cm³/mol. The van der Waals surface area contributed by atoms with Crippen LogP contribution in [0, 0.1) is 0 Å². The summed E-state index contributed by atoms with van der Waals surface area (Å²) >= 11 is 0. The van der Waals surface area contributed by atoms with Gasteiger partial charge in [0.25, 0.3) is 0 Å². The summed E-state index contributed by atoms with van der Waals surface area (Å²) < 4.78 is 15.9. The van der Waals surface area contributed by atoms with Gasteiger partial charge in [-0.1, -0.05) is 12.1 Å². The maximum absolute atomic E-state index is 12.1. The lowest BCUT2D eigenvalue weighted by atomic mass is 10.1. The number of carbonyl (C=O) groups is 1. The Kier molecular flexibility index (Phi) is 7.11. The zero-order chi connectivity index (χ0) is 19.8. The van der Waals surface area contributed by atoms with Gasteiger partial charge in [-0.25, -0.2) is 0 Å². The number of methoxy groups -OCH3 is 3. The van der Waals surface area contributed by atoms with Gasteiger partial charge >= 0.3 is 0 Å². The van der Waals surface area contributed by atoms with Gasteiger partial charge < -0.3 is 24.4 Å². The molecule has 2 aromatic rings. The average molecular weight is 370 g/mol. The van der Waals surface area contributed by atoms with Gasteiger partial charge in [0.1, 0.15) is 5.75 Å². The fraction of sp³-hybridized carbons (Fsp3) is 0.286. The van der Waals surface area contributed by atoms with Gasteiger partial charge in [0.15, 0.2) is 11.5 Å². The summed E-state index contributed by atoms with van der Waals surface area (Å²) in [5, 5.41) is 2.87. The quantitative estimate of drug-likeness (QED) is 0.724. The second-order valence-electron chi connectivity index (χ2n) is 6.06. The molecule has 0 aliphatic heterocycles. The Hall–Kier alpha value is -3.15. The van der Waals surface area contributed by atoms with E-state index in [9.17, 15) is 4.79 Å². The van der Waals surface area contributed by atoms with Crippen LogP contribution in [0.1, 0.15) is 11.1 Å². The molecule has 0 spiro atoms. The zero-order valence-corrected chi connectivity index (χ0v) is 16.4. The van der Waals surface area contributed by atoms with E-state index >= 15 is 0 Å². The molecule has 0 saturated carbocycles. The number of hydrogen-bond donors (Lipinski definition) is 1. The lowest BCUT2D eigenvalue weighted by Crippen LogP contribution is -2.20. The van der Waals surface area contributed by atoms with Crippen molar-refractivity contribution in [2.24, 2.45) is 0 Å². The summed E-state index contributed by atoms with van der Waals surface area (Å²) in [7, 11) is 8.67. The third kappa shape index (κ3) is 5.41. The molecule has 6 heteroatoms. The third-order valence-electron chi connectivity index (χ3n) is 4.07. The van der Waals surface area contributed by atoms with Crippen molar-refractivity contribution in [3.8, 4) is 17.2 Å². The Bertz CT molecular complexity index is 799. The number of carbonyl (C=O) groups excluding carboxylic acids is 1. The molecule has 0 aliphatic carbocycles. The van der Waals surface area contributed by atoms with Crippen LogP contribution < -0.4 is 24.4 Å². The van der Waals surface area contributed by atoms with Crippen molar-refractivity contribution >= 4 is 17.7 Å². The SMILES string of the molecule is COc1cc(OC)c(OC)cc1/C=C/C(=O)NCc1ccc(N(C)C)cc1. The van der Waals surface area contributed by atoms with Crippen LogP contribution in [0.25, 0.3) is 6.08 Å². The normalized spacial score (nSPS) is 10.6. The monoisotopic (exact) mass is 370 g/mol. The topological polar surface area (TPSA) is 60.0 Å². The van der Waals surface area contributed by atoms with Crippen molar-refractivity contribution in [2.45, 2.75) is 6.54 Å². The summed E-state index contributed by atoms with van der Waals surface area (Å²) in [6.07, 6.45) is 3.16. The number of nitrogens with zero attached hydrogens (tertiary/aromatic N) is 1. The Labute approximate surface area is 160 Å². The summed E-state index contributed by atoms with van der Waals surface area (Å²) in [6.45, 7) is 0.458. The first-order chi connectivity index (χ1) is 13.0. The first-order valence-electron chi connectivity index (χ1n) is 8.50. The van der Waals surface area contributed by atoms with Gasteiger partial charge in [-0.15, -0.1) is 0 Å². The van der Waals surface area contributed by atoms with E-state index in [-0.39, 0.29) is 5.91 Å². The summed E-state index contributed by atoms with van der Waals surface area (Å²) in [4.78, 5) is 14.2. The van der Waals surface area contributed by atoms with Gasteiger partial charge in [-0.2, -0.15) is 0 Å². The van der Waals surface area contributed by atoms with Crippen molar-refractivity contribution in [3.05, 3.63) is 53.6 Å². The van der Waals surface area contributed by atoms with Gasteiger partial charge in [0, 0.05) is 44.0 Å². The van der Waals surface area contributed by atoms with E-state index in [1.54, 1.807) is 39.5 Å². The minimum absolute atomic E-state index is 0.191. The molecular formula is C21H26N2O4. The fourth-order valence-corrected chi connectivity index (χ4v) is 2.51. The number of rotatable bonds is 8. The van der Waals surface area contributed by atoms with Crippen LogP contribution in [-0.4, -0.2) is 41.3 Å². The molecule has 2 rings (SSSR count). The molecule has 0 radical (unpaired) electrons. The number of benzene rings is 2. The lowest BCUT2D eigenvalue weighted by Gasteiger charge is -2.13. The number of nitrogens with one attached hydrogen (secondary N) is 1. The maximum Gasteiger partial charge on any atom is 0.244 e. The third-order valence-corrected chi connectivity index (χ3v) is 4.07. The summed E-state index contributed by atoms with van der Waals surface area (Å²) in [5.41, 5.74) is 2.87. The molecule has 0 unspecified atom stereocenters. The molecule has 0 aromatic heterocycles. The predicted octanol–water partition coefficient (Wildman–Crippen LogP) is 3.11. The molecule has 1 N–H and O–H groups in total. The highest BCUT2D eigenvalue weighted by atomic mass is 16.5. The summed E-state index contributed by atoms with van der Waals surface area (Å²) in [6, 6.07) is 11.5. The minimum Gasteiger partial charge on any atom is -0.496 e. The van der Waals surface area contributed by atoms with Crippen LogP contribution in [0.5, 0.6) is 17.2 Å². The largest absolute Gasteiger partial charge is 0.496 e. The van der Waals surface area contributed by atoms with Crippen LogP contribution in [0.3, 0.4) is 0 Å². The van der Waals surface area contributed by atoms with Crippen LogP contribution >= 0.6 is 0 Å². The molecule has 144 valence electrons. The van der Waals surface area contributed by atoms with Crippen molar-refractivity contribution in [1.82, 2.24) is 5.32 Å². The highest BCUT2D eigenvalue weighted by Crippen LogP contribution is 2.35. The van der Waals surface area contributed by atoms with E-state index in [0.717, 1.165) is 16.8 Å². The van der Waals surface area contributed by atoms with Gasteiger partial charge in [0.05, 0.1) is 21.3 Å². The molecule has 0 bridgehead atoms. The average Bonchev–Trinajstić information content (AvgIpc) is 2.70. The second kappa shape index (κ2) is 9.52. The fourth-order valence-electron chi connectivity index (χ4n) is 2.51. The smallest absolute Gasteiger partial charge is 0.244 e. The molecule has 6 nitrogen and oxygen atoms in total. The van der Waals surface area contributed by atoms with Crippen molar-refractivity contribution in [1.29, 1.82) is 0 Å². The maximum atomic E-state index is 12.1. The van der Waals surface area contributed by atoms with Gasteiger partial charge in [-0.05, 0) is 29.8 Å². The standard InChI is InChI=1S/C21H26N2O4/c1-23(2)17-9-6-15(7-10-17)14-22-21(24)11-8-16-12-19(26-4)20(27-5)13-18(16)25-3/h6-13H,14H2,1-5H3,(H,22,24)/b11-8+. The molecule has 27 heavy (non-hydrogen) atoms. The van der Waals surface area contributed by atoms with E-state index in [1.165, 1.54) is 6.08 Å². The van der Waals surface area contributed by atoms with E-state index in [2.05, 4.69) is 5.32 Å². The number of ether oxygens (including phenoxy) is 3. The number of amides is 1. The molecule has 0 heterocycles. The summed E-state index contributed by atoms with van der Waals surface area (Å²) in [5.74, 6) is 1.54. The zero-order valence-electron chi connectivity index (χ0n) is 16.4. The molecule has 0 saturated heterocycles. The van der Waals surface area contributed by atoms with E-state index in [4.69, 9.17) is 14.2 Å². The molecule has 0 aliphatic rings. The second-order valence-corrected chi connectivity index (χ2v) is 6.06. The minimum atomic E-state index is -0.191. The first-order valence-corrected chi connectivity index (χ1v) is 8.50. The Balaban J connectivity index is 2.03. The Morgan fingerprint density at radius 2 is 1.56 bits per heavy atom. The molecule has 2 aromatic carbocycles. The van der Waals surface area contributed by atoms with E-state index < -0.39 is 0 Å².